The minimum atomic E-state index is -0.453. The quantitative estimate of drug-likeness (QED) is 0.732. The van der Waals surface area contributed by atoms with Crippen molar-refractivity contribution in [1.29, 1.82) is 0 Å². The average Bonchev–Trinajstić information content (AvgIpc) is 2.67. The Balaban J connectivity index is 2.02. The molecule has 1 aromatic carbocycles. The maximum absolute atomic E-state index is 12.4. The van der Waals surface area contributed by atoms with E-state index in [0.29, 0.717) is 23.7 Å². The number of esters is 1. The van der Waals surface area contributed by atoms with Crippen LogP contribution in [0.5, 0.6) is 0 Å². The van der Waals surface area contributed by atoms with Gasteiger partial charge in [-0.05, 0) is 48.7 Å². The third kappa shape index (κ3) is 5.91. The van der Waals surface area contributed by atoms with Crippen LogP contribution in [0.4, 0.5) is 5.69 Å². The molecule has 142 valence electrons. The summed E-state index contributed by atoms with van der Waals surface area (Å²) in [5.74, 6) is -0.725. The van der Waals surface area contributed by atoms with Gasteiger partial charge < -0.3 is 15.4 Å². The maximum Gasteiger partial charge on any atom is 0.337 e. The van der Waals surface area contributed by atoms with E-state index in [1.807, 2.05) is 0 Å². The van der Waals surface area contributed by atoms with Gasteiger partial charge in [-0.2, -0.15) is 0 Å². The second kappa shape index (κ2) is 9.47. The number of hydrogen-bond acceptors (Lipinski definition) is 5. The lowest BCUT2D eigenvalue weighted by Gasteiger charge is -2.08. The SMILES string of the molecule is COC(=O)c1ccc(NC(=O)c2cccc(C(=O)NCCC(C)C)n2)cc1. The van der Waals surface area contributed by atoms with E-state index >= 15 is 0 Å². The normalized spacial score (nSPS) is 10.4. The largest absolute Gasteiger partial charge is 0.465 e. The lowest BCUT2D eigenvalue weighted by Crippen LogP contribution is -2.27. The Hall–Kier alpha value is -3.22. The van der Waals surface area contributed by atoms with Crippen LogP contribution in [0.25, 0.3) is 0 Å². The van der Waals surface area contributed by atoms with Crippen LogP contribution in [0.1, 0.15) is 51.6 Å². The number of aromatic nitrogens is 1. The Morgan fingerprint density at radius 1 is 1.00 bits per heavy atom. The zero-order chi connectivity index (χ0) is 19.8. The second-order valence-electron chi connectivity index (χ2n) is 6.37. The number of hydrogen-bond donors (Lipinski definition) is 2. The van der Waals surface area contributed by atoms with Crippen LogP contribution in [-0.2, 0) is 4.74 Å². The second-order valence-corrected chi connectivity index (χ2v) is 6.37. The molecular weight excluding hydrogens is 346 g/mol. The molecule has 7 heteroatoms. The van der Waals surface area contributed by atoms with Crippen molar-refractivity contribution >= 4 is 23.5 Å². The highest BCUT2D eigenvalue weighted by atomic mass is 16.5. The summed E-state index contributed by atoms with van der Waals surface area (Å²) < 4.78 is 4.63. The number of methoxy groups -OCH3 is 1. The smallest absolute Gasteiger partial charge is 0.337 e. The number of ether oxygens (including phenoxy) is 1. The molecule has 1 heterocycles. The molecule has 1 aromatic heterocycles. The van der Waals surface area contributed by atoms with Crippen molar-refractivity contribution in [3.05, 3.63) is 59.4 Å². The number of carbonyl (C=O) groups excluding carboxylic acids is 3. The highest BCUT2D eigenvalue weighted by Gasteiger charge is 2.13. The summed E-state index contributed by atoms with van der Waals surface area (Å²) in [7, 11) is 1.30. The monoisotopic (exact) mass is 369 g/mol. The maximum atomic E-state index is 12.4. The molecule has 2 amide bonds. The minimum Gasteiger partial charge on any atom is -0.465 e. The van der Waals surface area contributed by atoms with E-state index < -0.39 is 11.9 Å². The van der Waals surface area contributed by atoms with Crippen LogP contribution in [0.3, 0.4) is 0 Å². The van der Waals surface area contributed by atoms with Crippen LogP contribution >= 0.6 is 0 Å². The van der Waals surface area contributed by atoms with Gasteiger partial charge in [-0.25, -0.2) is 9.78 Å². The Morgan fingerprint density at radius 2 is 1.63 bits per heavy atom. The van der Waals surface area contributed by atoms with E-state index in [0.717, 1.165) is 6.42 Å². The molecule has 0 bridgehead atoms. The van der Waals surface area contributed by atoms with Crippen molar-refractivity contribution in [2.24, 2.45) is 5.92 Å². The van der Waals surface area contributed by atoms with Crippen LogP contribution in [0.15, 0.2) is 42.5 Å². The number of carbonyl (C=O) groups is 3. The first kappa shape index (κ1) is 20.1. The van der Waals surface area contributed by atoms with E-state index in [-0.39, 0.29) is 17.3 Å². The Morgan fingerprint density at radius 3 is 2.22 bits per heavy atom. The Kier molecular flexibility index (Phi) is 7.05. The number of benzene rings is 1. The number of nitrogens with one attached hydrogen (secondary N) is 2. The summed E-state index contributed by atoms with van der Waals surface area (Å²) in [6, 6.07) is 11.0. The summed E-state index contributed by atoms with van der Waals surface area (Å²) in [6.45, 7) is 4.71. The van der Waals surface area contributed by atoms with E-state index in [4.69, 9.17) is 0 Å². The van der Waals surface area contributed by atoms with E-state index in [1.54, 1.807) is 36.4 Å². The molecule has 2 rings (SSSR count). The van der Waals surface area contributed by atoms with Crippen molar-refractivity contribution in [3.63, 3.8) is 0 Å². The van der Waals surface area contributed by atoms with Crippen LogP contribution in [0.2, 0.25) is 0 Å². The number of amides is 2. The van der Waals surface area contributed by atoms with E-state index in [1.165, 1.54) is 13.2 Å². The van der Waals surface area contributed by atoms with Crippen molar-refractivity contribution in [2.45, 2.75) is 20.3 Å². The molecule has 0 unspecified atom stereocenters. The fourth-order valence-electron chi connectivity index (χ4n) is 2.26. The van der Waals surface area contributed by atoms with Crippen molar-refractivity contribution in [3.8, 4) is 0 Å². The van der Waals surface area contributed by atoms with Crippen molar-refractivity contribution < 1.29 is 19.1 Å². The van der Waals surface area contributed by atoms with Crippen LogP contribution in [-0.4, -0.2) is 36.4 Å². The number of nitrogens with zero attached hydrogens (tertiary/aromatic N) is 1. The van der Waals surface area contributed by atoms with Gasteiger partial charge in [0, 0.05) is 12.2 Å². The van der Waals surface area contributed by atoms with Gasteiger partial charge in [0.1, 0.15) is 11.4 Å². The van der Waals surface area contributed by atoms with Gasteiger partial charge in [0.2, 0.25) is 0 Å². The molecule has 0 aliphatic carbocycles. The molecule has 0 spiro atoms. The standard InChI is InChI=1S/C20H23N3O4/c1-13(2)11-12-21-18(24)16-5-4-6-17(23-16)19(25)22-15-9-7-14(8-10-15)20(26)27-3/h4-10,13H,11-12H2,1-3H3,(H,21,24)(H,22,25). The van der Waals surface area contributed by atoms with Crippen LogP contribution < -0.4 is 10.6 Å². The van der Waals surface area contributed by atoms with Gasteiger partial charge in [-0.15, -0.1) is 0 Å². The molecule has 0 radical (unpaired) electrons. The minimum absolute atomic E-state index is 0.128. The Bertz CT molecular complexity index is 816. The number of anilines is 1. The third-order valence-electron chi connectivity index (χ3n) is 3.79. The molecule has 7 nitrogen and oxygen atoms in total. The molecule has 0 atom stereocenters. The lowest BCUT2D eigenvalue weighted by molar-refractivity contribution is 0.0600. The summed E-state index contributed by atoms with van der Waals surface area (Å²) in [6.07, 6.45) is 0.869. The van der Waals surface area contributed by atoms with Gasteiger partial charge in [0.05, 0.1) is 12.7 Å². The summed E-state index contributed by atoms with van der Waals surface area (Å²) in [4.78, 5) is 40.1. The number of rotatable bonds is 7. The van der Waals surface area contributed by atoms with Gasteiger partial charge in [-0.1, -0.05) is 19.9 Å². The molecule has 0 saturated heterocycles. The predicted molar refractivity (Wildman–Crippen MR) is 102 cm³/mol. The lowest BCUT2D eigenvalue weighted by atomic mass is 10.1. The highest BCUT2D eigenvalue weighted by molar-refractivity contribution is 6.04. The van der Waals surface area contributed by atoms with Gasteiger partial charge in [0.25, 0.3) is 11.8 Å². The first-order valence-electron chi connectivity index (χ1n) is 8.65. The first-order valence-corrected chi connectivity index (χ1v) is 8.65. The summed E-state index contributed by atoms with van der Waals surface area (Å²) >= 11 is 0. The predicted octanol–water partition coefficient (Wildman–Crippen LogP) is 2.90. The molecule has 0 aliphatic heterocycles. The fourth-order valence-corrected chi connectivity index (χ4v) is 2.26. The summed E-state index contributed by atoms with van der Waals surface area (Å²) in [5, 5.41) is 5.47. The molecule has 27 heavy (non-hydrogen) atoms. The molecule has 0 aliphatic rings. The molecular formula is C20H23N3O4. The average molecular weight is 369 g/mol. The molecule has 0 fully saturated rings. The van der Waals surface area contributed by atoms with Crippen molar-refractivity contribution in [1.82, 2.24) is 10.3 Å². The van der Waals surface area contributed by atoms with E-state index in [2.05, 4.69) is 34.2 Å². The zero-order valence-electron chi connectivity index (χ0n) is 15.6. The van der Waals surface area contributed by atoms with Gasteiger partial charge >= 0.3 is 5.97 Å². The van der Waals surface area contributed by atoms with Gasteiger partial charge in [0.15, 0.2) is 0 Å². The highest BCUT2D eigenvalue weighted by Crippen LogP contribution is 2.12. The first-order chi connectivity index (χ1) is 12.9. The fraction of sp³-hybridized carbons (Fsp3) is 0.300. The third-order valence-corrected chi connectivity index (χ3v) is 3.79. The molecule has 0 saturated carbocycles. The molecule has 2 N–H and O–H groups in total. The van der Waals surface area contributed by atoms with E-state index in [9.17, 15) is 14.4 Å². The van der Waals surface area contributed by atoms with Gasteiger partial charge in [-0.3, -0.25) is 9.59 Å². The van der Waals surface area contributed by atoms with Crippen molar-refractivity contribution in [2.75, 3.05) is 19.0 Å². The topological polar surface area (TPSA) is 97.4 Å². The number of pyridine rings is 1. The zero-order valence-corrected chi connectivity index (χ0v) is 15.6. The van der Waals surface area contributed by atoms with Crippen LogP contribution in [0, 0.1) is 5.92 Å². The summed E-state index contributed by atoms with van der Waals surface area (Å²) in [5.41, 5.74) is 1.20. The molecule has 2 aromatic rings. The Labute approximate surface area is 158 Å².